The van der Waals surface area contributed by atoms with Crippen molar-refractivity contribution in [1.82, 2.24) is 16.0 Å². The molecule has 0 heterocycles. The van der Waals surface area contributed by atoms with Gasteiger partial charge in [0, 0.05) is 18.5 Å². The van der Waals surface area contributed by atoms with E-state index < -0.39 is 90.6 Å². The zero-order valence-electron chi connectivity index (χ0n) is 26.4. The first kappa shape index (κ1) is 38.8. The molecule has 0 aliphatic heterocycles. The van der Waals surface area contributed by atoms with Gasteiger partial charge in [0.2, 0.25) is 17.7 Å². The van der Waals surface area contributed by atoms with Crippen molar-refractivity contribution in [2.24, 2.45) is 11.7 Å². The highest BCUT2D eigenvalue weighted by Crippen LogP contribution is 2.14. The van der Waals surface area contributed by atoms with Crippen molar-refractivity contribution in [3.8, 4) is 0 Å². The van der Waals surface area contributed by atoms with Crippen LogP contribution in [0.5, 0.6) is 0 Å². The van der Waals surface area contributed by atoms with Crippen molar-refractivity contribution in [3.63, 3.8) is 0 Å². The van der Waals surface area contributed by atoms with E-state index in [4.69, 9.17) is 10.8 Å². The number of carboxylic acid groups (broad SMARTS) is 3. The molecular formula is C32H41N5O11. The lowest BCUT2D eigenvalue weighted by molar-refractivity contribution is -0.138. The number of nitrogens with one attached hydrogen (secondary N) is 4. The maximum Gasteiger partial charge on any atom is 0.335 e. The highest BCUT2D eigenvalue weighted by atomic mass is 16.4. The van der Waals surface area contributed by atoms with Crippen molar-refractivity contribution in [2.45, 2.75) is 76.2 Å². The summed E-state index contributed by atoms with van der Waals surface area (Å²) in [5.74, 6) is -7.79. The maximum absolute atomic E-state index is 13.6. The molecule has 2 rings (SSSR count). The number of aliphatic carboxylic acids is 2. The SMILES string of the molecule is CC(C)[C@H](NC(=O)C(N)CCC(=O)O)C(=O)NC(CCC(=O)O)C(=O)N[C@@H](Cc1ccccc1)[C@@H](O)C(=O)Nc1cccc(C(=O)O)c1. The summed E-state index contributed by atoms with van der Waals surface area (Å²) < 4.78 is 0. The monoisotopic (exact) mass is 671 g/mol. The predicted molar refractivity (Wildman–Crippen MR) is 171 cm³/mol. The van der Waals surface area contributed by atoms with E-state index in [9.17, 15) is 48.9 Å². The second-order valence-electron chi connectivity index (χ2n) is 11.4. The number of hydrogen-bond donors (Lipinski definition) is 9. The molecule has 0 aliphatic rings. The van der Waals surface area contributed by atoms with Gasteiger partial charge < -0.3 is 47.4 Å². The summed E-state index contributed by atoms with van der Waals surface area (Å²) in [6.07, 6.45) is -3.49. The fourth-order valence-electron chi connectivity index (χ4n) is 4.53. The van der Waals surface area contributed by atoms with Crippen LogP contribution in [0, 0.1) is 5.92 Å². The van der Waals surface area contributed by atoms with Gasteiger partial charge in [-0.25, -0.2) is 4.79 Å². The van der Waals surface area contributed by atoms with E-state index in [2.05, 4.69) is 21.3 Å². The lowest BCUT2D eigenvalue weighted by atomic mass is 9.98. The molecule has 0 aliphatic carbocycles. The first-order chi connectivity index (χ1) is 22.6. The second kappa shape index (κ2) is 18.7. The summed E-state index contributed by atoms with van der Waals surface area (Å²) in [6, 6.07) is 8.49. The molecule has 10 N–H and O–H groups in total. The van der Waals surface area contributed by atoms with Crippen molar-refractivity contribution in [3.05, 3.63) is 65.7 Å². The number of nitrogens with two attached hydrogens (primary N) is 1. The third-order valence-electron chi connectivity index (χ3n) is 7.19. The Labute approximate surface area is 276 Å². The number of aliphatic hydroxyl groups is 1. The van der Waals surface area contributed by atoms with Crippen molar-refractivity contribution >= 4 is 47.2 Å². The number of carbonyl (C=O) groups excluding carboxylic acids is 4. The molecule has 0 aromatic heterocycles. The van der Waals surface area contributed by atoms with Crippen LogP contribution in [-0.2, 0) is 35.2 Å². The largest absolute Gasteiger partial charge is 0.481 e. The van der Waals surface area contributed by atoms with E-state index in [-0.39, 0.29) is 30.5 Å². The van der Waals surface area contributed by atoms with Crippen LogP contribution in [0.1, 0.15) is 55.5 Å². The molecular weight excluding hydrogens is 630 g/mol. The average Bonchev–Trinajstić information content (AvgIpc) is 3.03. The van der Waals surface area contributed by atoms with Crippen molar-refractivity contribution in [1.29, 1.82) is 0 Å². The highest BCUT2D eigenvalue weighted by Gasteiger charge is 2.34. The van der Waals surface area contributed by atoms with Gasteiger partial charge in [-0.05, 0) is 48.9 Å². The summed E-state index contributed by atoms with van der Waals surface area (Å²) in [5, 5.41) is 48.3. The number of amides is 4. The molecule has 48 heavy (non-hydrogen) atoms. The van der Waals surface area contributed by atoms with Crippen molar-refractivity contribution < 1.29 is 54.0 Å². The summed E-state index contributed by atoms with van der Waals surface area (Å²) in [4.78, 5) is 86.1. The molecule has 5 atom stereocenters. The number of carboxylic acids is 3. The van der Waals surface area contributed by atoms with Crippen LogP contribution in [0.3, 0.4) is 0 Å². The lowest BCUT2D eigenvalue weighted by Gasteiger charge is -2.28. The summed E-state index contributed by atoms with van der Waals surface area (Å²) in [7, 11) is 0. The van der Waals surface area contributed by atoms with Crippen LogP contribution in [0.25, 0.3) is 0 Å². The van der Waals surface area contributed by atoms with Gasteiger partial charge in [0.25, 0.3) is 5.91 Å². The first-order valence-electron chi connectivity index (χ1n) is 15.1. The lowest BCUT2D eigenvalue weighted by Crippen LogP contribution is -2.59. The maximum atomic E-state index is 13.6. The Morgan fingerprint density at radius 3 is 1.94 bits per heavy atom. The third-order valence-corrected chi connectivity index (χ3v) is 7.19. The molecule has 0 bridgehead atoms. The Kier molecular flexibility index (Phi) is 15.1. The molecule has 2 unspecified atom stereocenters. The molecule has 0 spiro atoms. The molecule has 16 heteroatoms. The Morgan fingerprint density at radius 2 is 1.35 bits per heavy atom. The van der Waals surface area contributed by atoms with Gasteiger partial charge >= 0.3 is 17.9 Å². The molecule has 0 saturated heterocycles. The van der Waals surface area contributed by atoms with E-state index in [1.807, 2.05) is 0 Å². The molecule has 0 saturated carbocycles. The zero-order chi connectivity index (χ0) is 36.0. The Bertz CT molecular complexity index is 1470. The Hall–Kier alpha value is -5.35. The number of hydrogen-bond acceptors (Lipinski definition) is 9. The summed E-state index contributed by atoms with van der Waals surface area (Å²) in [6.45, 7) is 3.19. The molecule has 0 radical (unpaired) electrons. The Morgan fingerprint density at radius 1 is 0.729 bits per heavy atom. The van der Waals surface area contributed by atoms with Crippen LogP contribution in [0.4, 0.5) is 5.69 Å². The summed E-state index contributed by atoms with van der Waals surface area (Å²) in [5.41, 5.74) is 6.32. The predicted octanol–water partition coefficient (Wildman–Crippen LogP) is 0.0942. The standard InChI is InChI=1S/C32H41N5O11/c1-17(2)26(37-28(43)21(33)11-13-24(38)39)30(45)35-22(12-14-25(40)41)29(44)36-23(15-18-7-4-3-5-8-18)27(42)31(46)34-20-10-6-9-19(16-20)32(47)48/h3-10,16-17,21-23,26-27,42H,11-15,33H2,1-2H3,(H,34,46)(H,35,45)(H,36,44)(H,37,43)(H,38,39)(H,40,41)(H,47,48)/t21?,22?,23-,26-,27+/m0/s1. The van der Waals surface area contributed by atoms with E-state index in [0.717, 1.165) is 0 Å². The number of aromatic carboxylic acids is 1. The third kappa shape index (κ3) is 12.8. The quantitative estimate of drug-likeness (QED) is 0.0962. The van der Waals surface area contributed by atoms with E-state index in [1.165, 1.54) is 24.3 Å². The number of aliphatic hydroxyl groups excluding tert-OH is 1. The fourth-order valence-corrected chi connectivity index (χ4v) is 4.53. The average molecular weight is 672 g/mol. The molecule has 0 fully saturated rings. The minimum absolute atomic E-state index is 0.0692. The zero-order valence-corrected chi connectivity index (χ0v) is 26.4. The van der Waals surface area contributed by atoms with Crippen LogP contribution < -0.4 is 27.0 Å². The minimum Gasteiger partial charge on any atom is -0.481 e. The highest BCUT2D eigenvalue weighted by molar-refractivity contribution is 5.97. The van der Waals surface area contributed by atoms with Gasteiger partial charge in [0.15, 0.2) is 6.10 Å². The number of anilines is 1. The number of benzene rings is 2. The molecule has 2 aromatic rings. The molecule has 2 aromatic carbocycles. The summed E-state index contributed by atoms with van der Waals surface area (Å²) >= 11 is 0. The number of carbonyl (C=O) groups is 7. The Balaban J connectivity index is 2.30. The normalized spacial score (nSPS) is 14.0. The van der Waals surface area contributed by atoms with Crippen LogP contribution >= 0.6 is 0 Å². The molecule has 16 nitrogen and oxygen atoms in total. The van der Waals surface area contributed by atoms with E-state index >= 15 is 0 Å². The van der Waals surface area contributed by atoms with E-state index in [1.54, 1.807) is 44.2 Å². The molecule has 260 valence electrons. The van der Waals surface area contributed by atoms with Crippen molar-refractivity contribution in [2.75, 3.05) is 5.32 Å². The minimum atomic E-state index is -1.89. The topological polar surface area (TPSA) is 275 Å². The van der Waals surface area contributed by atoms with Gasteiger partial charge in [-0.2, -0.15) is 0 Å². The van der Waals surface area contributed by atoms with Crippen LogP contribution in [0.2, 0.25) is 0 Å². The number of rotatable bonds is 19. The fraction of sp³-hybridized carbons (Fsp3) is 0.406. The second-order valence-corrected chi connectivity index (χ2v) is 11.4. The smallest absolute Gasteiger partial charge is 0.335 e. The van der Waals surface area contributed by atoms with Crippen LogP contribution in [-0.4, -0.2) is 92.2 Å². The first-order valence-corrected chi connectivity index (χ1v) is 15.1. The van der Waals surface area contributed by atoms with Gasteiger partial charge in [-0.1, -0.05) is 50.2 Å². The molecule has 4 amide bonds. The van der Waals surface area contributed by atoms with Gasteiger partial charge in [0.05, 0.1) is 17.6 Å². The van der Waals surface area contributed by atoms with E-state index in [0.29, 0.717) is 5.56 Å². The van der Waals surface area contributed by atoms with Crippen LogP contribution in [0.15, 0.2) is 54.6 Å². The van der Waals surface area contributed by atoms with Gasteiger partial charge in [-0.15, -0.1) is 0 Å². The van der Waals surface area contributed by atoms with Gasteiger partial charge in [0.1, 0.15) is 12.1 Å². The van der Waals surface area contributed by atoms with Gasteiger partial charge in [-0.3, -0.25) is 28.8 Å².